The Labute approximate surface area is 225 Å². The van der Waals surface area contributed by atoms with Crippen LogP contribution in [-0.2, 0) is 28.5 Å². The lowest BCUT2D eigenvalue weighted by Crippen LogP contribution is -2.31. The van der Waals surface area contributed by atoms with E-state index in [9.17, 15) is 27.6 Å². The van der Waals surface area contributed by atoms with Crippen LogP contribution in [0, 0.1) is 0 Å². The van der Waals surface area contributed by atoms with E-state index < -0.39 is 23.9 Å². The first kappa shape index (κ1) is 25.2. The summed E-state index contributed by atoms with van der Waals surface area (Å²) >= 11 is 0. The van der Waals surface area contributed by atoms with E-state index in [0.717, 1.165) is 26.7 Å². The van der Waals surface area contributed by atoms with Crippen LogP contribution < -0.4 is 10.2 Å². The van der Waals surface area contributed by atoms with Gasteiger partial charge in [0.25, 0.3) is 11.8 Å². The van der Waals surface area contributed by atoms with E-state index in [-0.39, 0.29) is 22.5 Å². The number of para-hydroxylation sites is 2. The number of aryl methyl sites for hydroxylation is 2. The summed E-state index contributed by atoms with van der Waals surface area (Å²) in [4.78, 5) is 40.6. The highest BCUT2D eigenvalue weighted by atomic mass is 19.4. The summed E-state index contributed by atoms with van der Waals surface area (Å²) in [6.45, 7) is 0. The molecule has 3 amide bonds. The molecule has 0 saturated carbocycles. The number of halogens is 3. The van der Waals surface area contributed by atoms with Crippen LogP contribution in [-0.4, -0.2) is 33.0 Å². The maximum Gasteiger partial charge on any atom is 0.471 e. The molecule has 1 aliphatic rings. The summed E-state index contributed by atoms with van der Waals surface area (Å²) in [6, 6.07) is 20.2. The molecule has 6 rings (SSSR count). The van der Waals surface area contributed by atoms with Gasteiger partial charge in [0.05, 0.1) is 16.8 Å². The van der Waals surface area contributed by atoms with Crippen molar-refractivity contribution < 1.29 is 27.6 Å². The number of aromatic nitrogens is 2. The number of amides is 3. The molecule has 40 heavy (non-hydrogen) atoms. The fraction of sp³-hybridized carbons (Fsp3) is 0.100. The Morgan fingerprint density at radius 2 is 1.15 bits per heavy atom. The third kappa shape index (κ3) is 3.87. The van der Waals surface area contributed by atoms with E-state index in [0.29, 0.717) is 11.1 Å². The quantitative estimate of drug-likeness (QED) is 0.298. The van der Waals surface area contributed by atoms with Crippen molar-refractivity contribution in [2.75, 3.05) is 10.2 Å². The molecule has 0 radical (unpaired) electrons. The van der Waals surface area contributed by atoms with Gasteiger partial charge >= 0.3 is 12.1 Å². The number of nitrogens with one attached hydrogen (secondary N) is 1. The monoisotopic (exact) mass is 542 g/mol. The summed E-state index contributed by atoms with van der Waals surface area (Å²) < 4.78 is 41.8. The summed E-state index contributed by atoms with van der Waals surface area (Å²) in [6.07, 6.45) is -1.42. The minimum Gasteiger partial charge on any atom is -0.350 e. The van der Waals surface area contributed by atoms with Gasteiger partial charge in [0, 0.05) is 65.1 Å². The number of fused-ring (bicyclic) bond motifs is 2. The van der Waals surface area contributed by atoms with Crippen molar-refractivity contribution in [3.63, 3.8) is 0 Å². The second-order valence-corrected chi connectivity index (χ2v) is 9.54. The molecule has 5 aromatic rings. The number of carbonyl (C=O) groups is 3. The molecule has 3 heterocycles. The van der Waals surface area contributed by atoms with E-state index in [2.05, 4.69) is 0 Å². The molecule has 2 aromatic heterocycles. The van der Waals surface area contributed by atoms with Crippen LogP contribution in [0.1, 0.15) is 11.1 Å². The summed E-state index contributed by atoms with van der Waals surface area (Å²) in [5.74, 6) is -3.24. The van der Waals surface area contributed by atoms with Gasteiger partial charge in [-0.25, -0.2) is 4.90 Å². The van der Waals surface area contributed by atoms with Crippen LogP contribution in [0.2, 0.25) is 0 Å². The van der Waals surface area contributed by atoms with Crippen molar-refractivity contribution in [2.24, 2.45) is 14.1 Å². The molecule has 10 heteroatoms. The zero-order valence-electron chi connectivity index (χ0n) is 21.3. The third-order valence-electron chi connectivity index (χ3n) is 7.06. The molecule has 0 saturated heterocycles. The molecule has 3 aromatic carbocycles. The molecule has 1 aliphatic heterocycles. The number of carbonyl (C=O) groups excluding carboxylic acids is 3. The summed E-state index contributed by atoms with van der Waals surface area (Å²) in [5, 5.41) is 3.36. The molecule has 0 aliphatic carbocycles. The first-order valence-electron chi connectivity index (χ1n) is 12.3. The fourth-order valence-corrected chi connectivity index (χ4v) is 5.24. The Hall–Kier alpha value is -5.12. The van der Waals surface area contributed by atoms with Gasteiger partial charge in [0.2, 0.25) is 0 Å². The van der Waals surface area contributed by atoms with E-state index in [1.54, 1.807) is 5.32 Å². The first-order chi connectivity index (χ1) is 19.1. The highest BCUT2D eigenvalue weighted by Crippen LogP contribution is 2.43. The predicted molar refractivity (Wildman–Crippen MR) is 146 cm³/mol. The second kappa shape index (κ2) is 8.98. The van der Waals surface area contributed by atoms with Gasteiger partial charge < -0.3 is 14.5 Å². The maximum absolute atomic E-state index is 14.1. The second-order valence-electron chi connectivity index (χ2n) is 9.54. The molecular formula is C30H21F3N4O3. The topological polar surface area (TPSA) is 76.3 Å². The fourth-order valence-electron chi connectivity index (χ4n) is 5.24. The Morgan fingerprint density at radius 3 is 1.60 bits per heavy atom. The van der Waals surface area contributed by atoms with Gasteiger partial charge in [0.15, 0.2) is 0 Å². The first-order valence-corrected chi connectivity index (χ1v) is 12.3. The van der Waals surface area contributed by atoms with Crippen molar-refractivity contribution >= 4 is 62.0 Å². The van der Waals surface area contributed by atoms with Crippen LogP contribution in [0.5, 0.6) is 0 Å². The smallest absolute Gasteiger partial charge is 0.350 e. The average Bonchev–Trinajstić information content (AvgIpc) is 3.52. The lowest BCUT2D eigenvalue weighted by atomic mass is 9.95. The van der Waals surface area contributed by atoms with Crippen molar-refractivity contribution in [2.45, 2.75) is 6.18 Å². The average molecular weight is 543 g/mol. The summed E-state index contributed by atoms with van der Waals surface area (Å²) in [5.41, 5.74) is 3.44. The lowest BCUT2D eigenvalue weighted by molar-refractivity contribution is -0.167. The zero-order valence-corrected chi connectivity index (χ0v) is 21.3. The van der Waals surface area contributed by atoms with Gasteiger partial charge in [0.1, 0.15) is 0 Å². The van der Waals surface area contributed by atoms with E-state index in [1.165, 1.54) is 24.3 Å². The van der Waals surface area contributed by atoms with Crippen molar-refractivity contribution in [1.29, 1.82) is 0 Å². The standard InChI is InChI=1S/C30H21F3N4O3/c1-35-15-21(19-7-3-5-9-23(19)35)25-26(22-16-36(2)24-10-6-4-8-20(22)24)28(39)37(27(25)38)18-13-11-17(12-14-18)34-29(40)30(31,32)33/h3-16H,1-2H3,(H,34,40). The number of anilines is 2. The molecule has 0 unspecified atom stereocenters. The van der Waals surface area contributed by atoms with Gasteiger partial charge in [-0.3, -0.25) is 14.4 Å². The van der Waals surface area contributed by atoms with E-state index in [4.69, 9.17) is 0 Å². The Kier molecular flexibility index (Phi) is 5.65. The number of hydrogen-bond acceptors (Lipinski definition) is 3. The van der Waals surface area contributed by atoms with Crippen LogP contribution >= 0.6 is 0 Å². The van der Waals surface area contributed by atoms with Gasteiger partial charge in [-0.05, 0) is 36.4 Å². The Balaban J connectivity index is 1.51. The molecule has 0 atom stereocenters. The number of rotatable bonds is 4. The van der Waals surface area contributed by atoms with Gasteiger partial charge in [-0.1, -0.05) is 36.4 Å². The van der Waals surface area contributed by atoms with E-state index >= 15 is 0 Å². The molecule has 200 valence electrons. The van der Waals surface area contributed by atoms with Gasteiger partial charge in [-0.2, -0.15) is 13.2 Å². The van der Waals surface area contributed by atoms with Crippen LogP contribution in [0.25, 0.3) is 33.0 Å². The zero-order chi connectivity index (χ0) is 28.3. The Bertz CT molecular complexity index is 1790. The molecule has 0 fully saturated rings. The molecule has 1 N–H and O–H groups in total. The lowest BCUT2D eigenvalue weighted by Gasteiger charge is -2.16. The largest absolute Gasteiger partial charge is 0.471 e. The minimum atomic E-state index is -5.05. The number of nitrogens with zero attached hydrogens (tertiary/aromatic N) is 3. The Morgan fingerprint density at radius 1 is 0.700 bits per heavy atom. The maximum atomic E-state index is 14.1. The number of hydrogen-bond donors (Lipinski definition) is 1. The van der Waals surface area contributed by atoms with Crippen molar-refractivity contribution in [3.8, 4) is 0 Å². The van der Waals surface area contributed by atoms with Crippen LogP contribution in [0.4, 0.5) is 24.5 Å². The van der Waals surface area contributed by atoms with Crippen LogP contribution in [0.15, 0.2) is 85.2 Å². The number of imide groups is 1. The normalized spacial score (nSPS) is 14.2. The van der Waals surface area contributed by atoms with Crippen molar-refractivity contribution in [1.82, 2.24) is 9.13 Å². The third-order valence-corrected chi connectivity index (χ3v) is 7.06. The van der Waals surface area contributed by atoms with E-state index in [1.807, 2.05) is 84.2 Å². The predicted octanol–water partition coefficient (Wildman–Crippen LogP) is 5.66. The highest BCUT2D eigenvalue weighted by molar-refractivity contribution is 6.58. The SMILES string of the molecule is Cn1cc(C2=C(c3cn(C)c4ccccc34)C(=O)N(c3ccc(NC(=O)C(F)(F)F)cc3)C2=O)c2ccccc21. The summed E-state index contributed by atoms with van der Waals surface area (Å²) in [7, 11) is 3.72. The van der Waals surface area contributed by atoms with Crippen LogP contribution in [0.3, 0.4) is 0 Å². The molecular weight excluding hydrogens is 521 g/mol. The van der Waals surface area contributed by atoms with Gasteiger partial charge in [-0.15, -0.1) is 0 Å². The molecule has 0 bridgehead atoms. The number of benzene rings is 3. The minimum absolute atomic E-state index is 0.123. The molecule has 0 spiro atoms. The highest BCUT2D eigenvalue weighted by Gasteiger charge is 2.43. The number of alkyl halides is 3. The molecule has 7 nitrogen and oxygen atoms in total. The van der Waals surface area contributed by atoms with Crippen molar-refractivity contribution in [3.05, 3.63) is 96.3 Å².